The molecule has 0 heterocycles. The molecule has 0 atom stereocenters. The van der Waals surface area contributed by atoms with Crippen LogP contribution in [-0.2, 0) is 14.8 Å². The number of sulfonamides is 1. The Hall–Kier alpha value is -1.53. The van der Waals surface area contributed by atoms with E-state index in [4.69, 9.17) is 0 Å². The summed E-state index contributed by atoms with van der Waals surface area (Å²) in [5.74, 6) is -0.184. The highest BCUT2D eigenvalue weighted by Crippen LogP contribution is 2.25. The molecule has 0 N–H and O–H groups in total. The zero-order chi connectivity index (χ0) is 14.9. The van der Waals surface area contributed by atoms with Crippen molar-refractivity contribution < 1.29 is 13.2 Å². The number of carbonyl (C=O) groups is 1. The van der Waals surface area contributed by atoms with Crippen molar-refractivity contribution in [1.29, 1.82) is 0 Å². The Morgan fingerprint density at radius 2 is 1.70 bits per heavy atom. The van der Waals surface area contributed by atoms with E-state index in [-0.39, 0.29) is 10.7 Å². The van der Waals surface area contributed by atoms with Gasteiger partial charge in [0.15, 0.2) is 5.78 Å². The highest BCUT2D eigenvalue weighted by atomic mass is 79.9. The number of hydrogen-bond acceptors (Lipinski definition) is 3. The maximum absolute atomic E-state index is 12.2. The molecular formula is C14H12BrNO3S. The maximum Gasteiger partial charge on any atom is 0.282 e. The Morgan fingerprint density at radius 1 is 1.10 bits per heavy atom. The number of ketones is 1. The van der Waals surface area contributed by atoms with Crippen LogP contribution in [0.15, 0.2) is 61.3 Å². The van der Waals surface area contributed by atoms with Crippen LogP contribution in [-0.4, -0.2) is 19.9 Å². The number of rotatable bonds is 2. The van der Waals surface area contributed by atoms with Gasteiger partial charge in [0.1, 0.15) is 0 Å². The molecule has 2 rings (SSSR count). The fourth-order valence-corrected chi connectivity index (χ4v) is 3.25. The lowest BCUT2D eigenvalue weighted by Gasteiger charge is -2.14. The summed E-state index contributed by atoms with van der Waals surface area (Å²) >= 11 is 3.16. The third-order valence-corrected chi connectivity index (χ3v) is 5.15. The SMILES string of the molecule is CC1=CC(=O)C(Br)=C(C)/C1=N/S(=O)(=O)c1ccccc1. The molecule has 1 aliphatic rings. The van der Waals surface area contributed by atoms with Crippen LogP contribution >= 0.6 is 15.9 Å². The largest absolute Gasteiger partial charge is 0.289 e. The normalized spacial score (nSPS) is 18.4. The molecule has 0 aliphatic heterocycles. The zero-order valence-electron chi connectivity index (χ0n) is 10.9. The molecule has 1 aromatic rings. The maximum atomic E-state index is 12.2. The number of halogens is 1. The van der Waals surface area contributed by atoms with E-state index in [9.17, 15) is 13.2 Å². The zero-order valence-corrected chi connectivity index (χ0v) is 13.3. The van der Waals surface area contributed by atoms with Crippen molar-refractivity contribution in [3.63, 3.8) is 0 Å². The van der Waals surface area contributed by atoms with Gasteiger partial charge in [-0.3, -0.25) is 4.79 Å². The minimum atomic E-state index is -3.79. The van der Waals surface area contributed by atoms with Crippen molar-refractivity contribution in [2.75, 3.05) is 0 Å². The van der Waals surface area contributed by atoms with Gasteiger partial charge in [-0.15, -0.1) is 0 Å². The summed E-state index contributed by atoms with van der Waals surface area (Å²) in [5.41, 5.74) is 1.37. The van der Waals surface area contributed by atoms with Gasteiger partial charge in [-0.2, -0.15) is 12.8 Å². The fraction of sp³-hybridized carbons (Fsp3) is 0.143. The van der Waals surface area contributed by atoms with Crippen molar-refractivity contribution >= 4 is 37.4 Å². The van der Waals surface area contributed by atoms with E-state index in [1.54, 1.807) is 32.0 Å². The molecule has 0 saturated carbocycles. The Balaban J connectivity index is 2.56. The van der Waals surface area contributed by atoms with Crippen LogP contribution in [0.25, 0.3) is 0 Å². The third kappa shape index (κ3) is 2.81. The van der Waals surface area contributed by atoms with Crippen LogP contribution in [0.1, 0.15) is 13.8 Å². The standard InChI is InChI=1S/C14H12BrNO3S/c1-9-8-12(17)13(15)10(2)14(9)16-20(18,19)11-6-4-3-5-7-11/h3-8H,1-2H3/b16-14+. The van der Waals surface area contributed by atoms with Gasteiger partial charge in [0.05, 0.1) is 15.1 Å². The highest BCUT2D eigenvalue weighted by Gasteiger charge is 2.23. The molecule has 1 aromatic carbocycles. The molecule has 0 bridgehead atoms. The highest BCUT2D eigenvalue weighted by molar-refractivity contribution is 9.12. The first-order chi connectivity index (χ1) is 9.33. The van der Waals surface area contributed by atoms with E-state index in [2.05, 4.69) is 20.3 Å². The Bertz CT molecular complexity index is 759. The molecule has 1 aliphatic carbocycles. The van der Waals surface area contributed by atoms with Crippen LogP contribution in [0.4, 0.5) is 0 Å². The van der Waals surface area contributed by atoms with Gasteiger partial charge in [-0.05, 0) is 59.1 Å². The summed E-state index contributed by atoms with van der Waals surface area (Å²) < 4.78 is 28.7. The first-order valence-corrected chi connectivity index (χ1v) is 8.06. The fourth-order valence-electron chi connectivity index (χ4n) is 1.82. The first-order valence-electron chi connectivity index (χ1n) is 5.82. The lowest BCUT2D eigenvalue weighted by molar-refractivity contribution is -0.110. The van der Waals surface area contributed by atoms with Crippen LogP contribution in [0.5, 0.6) is 0 Å². The van der Waals surface area contributed by atoms with Crippen LogP contribution in [0.2, 0.25) is 0 Å². The summed E-state index contributed by atoms with van der Waals surface area (Å²) in [6, 6.07) is 7.98. The molecule has 0 saturated heterocycles. The van der Waals surface area contributed by atoms with Crippen LogP contribution in [0, 0.1) is 0 Å². The summed E-state index contributed by atoms with van der Waals surface area (Å²) in [6.45, 7) is 3.33. The molecule has 20 heavy (non-hydrogen) atoms. The van der Waals surface area contributed by atoms with E-state index in [1.165, 1.54) is 18.2 Å². The molecule has 0 radical (unpaired) electrons. The van der Waals surface area contributed by atoms with Crippen molar-refractivity contribution in [2.45, 2.75) is 18.7 Å². The molecule has 104 valence electrons. The number of benzene rings is 1. The number of nitrogens with zero attached hydrogens (tertiary/aromatic N) is 1. The van der Waals surface area contributed by atoms with Crippen molar-refractivity contribution in [1.82, 2.24) is 0 Å². The Kier molecular flexibility index (Phi) is 4.06. The molecular weight excluding hydrogens is 342 g/mol. The third-order valence-electron chi connectivity index (χ3n) is 2.87. The Morgan fingerprint density at radius 3 is 2.30 bits per heavy atom. The minimum Gasteiger partial charge on any atom is -0.289 e. The molecule has 0 fully saturated rings. The van der Waals surface area contributed by atoms with E-state index in [1.807, 2.05) is 0 Å². The number of allylic oxidation sites excluding steroid dienone is 4. The van der Waals surface area contributed by atoms with Gasteiger partial charge < -0.3 is 0 Å². The predicted molar refractivity (Wildman–Crippen MR) is 81.5 cm³/mol. The molecule has 6 heteroatoms. The summed E-state index contributed by atoms with van der Waals surface area (Å²) in [4.78, 5) is 11.7. The van der Waals surface area contributed by atoms with E-state index < -0.39 is 10.0 Å². The van der Waals surface area contributed by atoms with Gasteiger partial charge in [0.2, 0.25) is 0 Å². The Labute approximate surface area is 126 Å². The van der Waals surface area contributed by atoms with Gasteiger partial charge in [-0.25, -0.2) is 0 Å². The van der Waals surface area contributed by atoms with Gasteiger partial charge in [-0.1, -0.05) is 18.2 Å². The van der Waals surface area contributed by atoms with Crippen LogP contribution in [0.3, 0.4) is 0 Å². The summed E-state index contributed by atoms with van der Waals surface area (Å²) in [7, 11) is -3.79. The lowest BCUT2D eigenvalue weighted by atomic mass is 9.98. The second-order valence-corrected chi connectivity index (χ2v) is 6.76. The topological polar surface area (TPSA) is 63.6 Å². The van der Waals surface area contributed by atoms with Gasteiger partial charge in [0.25, 0.3) is 10.0 Å². The molecule has 0 aromatic heterocycles. The lowest BCUT2D eigenvalue weighted by Crippen LogP contribution is -2.16. The first kappa shape index (κ1) is 14.9. The average molecular weight is 354 g/mol. The second-order valence-electron chi connectivity index (χ2n) is 4.36. The molecule has 0 spiro atoms. The molecule has 0 unspecified atom stereocenters. The summed E-state index contributed by atoms with van der Waals surface area (Å²) in [6.07, 6.45) is 1.37. The van der Waals surface area contributed by atoms with Crippen molar-refractivity contribution in [3.05, 3.63) is 52.0 Å². The molecule has 4 nitrogen and oxygen atoms in total. The van der Waals surface area contributed by atoms with Crippen molar-refractivity contribution in [2.24, 2.45) is 4.40 Å². The van der Waals surface area contributed by atoms with Crippen LogP contribution < -0.4 is 0 Å². The predicted octanol–water partition coefficient (Wildman–Crippen LogP) is 3.01. The average Bonchev–Trinajstić information content (AvgIpc) is 2.42. The smallest absolute Gasteiger partial charge is 0.282 e. The van der Waals surface area contributed by atoms with Gasteiger partial charge >= 0.3 is 0 Å². The number of hydrogen-bond donors (Lipinski definition) is 0. The van der Waals surface area contributed by atoms with E-state index >= 15 is 0 Å². The van der Waals surface area contributed by atoms with E-state index in [0.717, 1.165) is 0 Å². The van der Waals surface area contributed by atoms with Crippen molar-refractivity contribution in [3.8, 4) is 0 Å². The summed E-state index contributed by atoms with van der Waals surface area (Å²) in [5, 5.41) is 0. The number of carbonyl (C=O) groups excluding carboxylic acids is 1. The quantitative estimate of drug-likeness (QED) is 0.767. The molecule has 0 amide bonds. The van der Waals surface area contributed by atoms with Gasteiger partial charge in [0, 0.05) is 0 Å². The second kappa shape index (κ2) is 5.46. The van der Waals surface area contributed by atoms with E-state index in [0.29, 0.717) is 21.3 Å². The minimum absolute atomic E-state index is 0.126. The monoisotopic (exact) mass is 353 g/mol.